The van der Waals surface area contributed by atoms with Crippen molar-refractivity contribution in [3.63, 3.8) is 0 Å². The average Bonchev–Trinajstić information content (AvgIpc) is 2.38. The number of methoxy groups -OCH3 is 1. The van der Waals surface area contributed by atoms with E-state index in [4.69, 9.17) is 4.74 Å². The second kappa shape index (κ2) is 7.86. The minimum atomic E-state index is -0.0662. The van der Waals surface area contributed by atoms with Gasteiger partial charge in [-0.25, -0.2) is 0 Å². The van der Waals surface area contributed by atoms with Crippen LogP contribution in [0.25, 0.3) is 0 Å². The fourth-order valence-electron chi connectivity index (χ4n) is 2.38. The summed E-state index contributed by atoms with van der Waals surface area (Å²) in [4.78, 5) is 12.3. The van der Waals surface area contributed by atoms with Crippen LogP contribution in [0.4, 0.5) is 0 Å². The Morgan fingerprint density at radius 2 is 2.25 bits per heavy atom. The molecule has 1 aromatic rings. The van der Waals surface area contributed by atoms with Gasteiger partial charge in [-0.15, -0.1) is 12.4 Å². The Kier molecular flexibility index (Phi) is 6.79. The topological polar surface area (TPSA) is 50.4 Å². The number of piperidine rings is 1. The number of ether oxygens (including phenoxy) is 1. The smallest absolute Gasteiger partial charge is 0.255 e. The number of nitrogens with one attached hydrogen (secondary N) is 2. The molecule has 1 fully saturated rings. The van der Waals surface area contributed by atoms with Crippen LogP contribution in [0, 0.1) is 0 Å². The first-order chi connectivity index (χ1) is 9.10. The van der Waals surface area contributed by atoms with E-state index in [9.17, 15) is 4.79 Å². The summed E-state index contributed by atoms with van der Waals surface area (Å²) >= 11 is 3.37. The lowest BCUT2D eigenvalue weighted by molar-refractivity contribution is 0.0922. The number of hydrogen-bond donors (Lipinski definition) is 2. The first-order valence-electron chi connectivity index (χ1n) is 6.48. The highest BCUT2D eigenvalue weighted by Crippen LogP contribution is 2.23. The molecule has 0 aliphatic carbocycles. The van der Waals surface area contributed by atoms with E-state index in [2.05, 4.69) is 33.5 Å². The van der Waals surface area contributed by atoms with Crippen LogP contribution in [0.5, 0.6) is 5.75 Å². The summed E-state index contributed by atoms with van der Waals surface area (Å²) in [6, 6.07) is 6.12. The Morgan fingerprint density at radius 3 is 2.90 bits per heavy atom. The Hall–Kier alpha value is -0.780. The fourth-order valence-corrected chi connectivity index (χ4v) is 2.72. The van der Waals surface area contributed by atoms with Gasteiger partial charge in [-0.3, -0.25) is 4.79 Å². The van der Waals surface area contributed by atoms with Crippen LogP contribution in [0.3, 0.4) is 0 Å². The molecule has 0 spiro atoms. The minimum Gasteiger partial charge on any atom is -0.496 e. The van der Waals surface area contributed by atoms with Crippen molar-refractivity contribution in [3.05, 3.63) is 28.2 Å². The fraction of sp³-hybridized carbons (Fsp3) is 0.500. The lowest BCUT2D eigenvalue weighted by atomic mass is 10.00. The van der Waals surface area contributed by atoms with Crippen molar-refractivity contribution >= 4 is 34.2 Å². The molecule has 0 bridgehead atoms. The van der Waals surface area contributed by atoms with Crippen LogP contribution in [-0.4, -0.2) is 31.6 Å². The highest BCUT2D eigenvalue weighted by atomic mass is 79.9. The van der Waals surface area contributed by atoms with E-state index in [1.54, 1.807) is 19.2 Å². The van der Waals surface area contributed by atoms with Gasteiger partial charge in [0.2, 0.25) is 0 Å². The minimum absolute atomic E-state index is 0. The molecule has 2 rings (SSSR count). The third-order valence-corrected chi connectivity index (χ3v) is 3.86. The zero-order valence-electron chi connectivity index (χ0n) is 11.6. The molecule has 112 valence electrons. The molecule has 1 amide bonds. The molecule has 1 heterocycles. The van der Waals surface area contributed by atoms with Crippen molar-refractivity contribution in [2.24, 2.45) is 0 Å². The van der Waals surface area contributed by atoms with Crippen molar-refractivity contribution in [3.8, 4) is 5.75 Å². The zero-order chi connectivity index (χ0) is 13.8. The molecule has 2 atom stereocenters. The lowest BCUT2D eigenvalue weighted by Gasteiger charge is -2.28. The first-order valence-corrected chi connectivity index (χ1v) is 7.27. The van der Waals surface area contributed by atoms with E-state index in [-0.39, 0.29) is 24.4 Å². The lowest BCUT2D eigenvalue weighted by Crippen LogP contribution is -2.46. The molecule has 20 heavy (non-hydrogen) atoms. The molecule has 0 saturated carbocycles. The van der Waals surface area contributed by atoms with E-state index in [1.807, 2.05) is 6.07 Å². The predicted octanol–water partition coefficient (Wildman–Crippen LogP) is 2.75. The van der Waals surface area contributed by atoms with Gasteiger partial charge in [-0.05, 0) is 44.5 Å². The van der Waals surface area contributed by atoms with Crippen LogP contribution >= 0.6 is 28.3 Å². The quantitative estimate of drug-likeness (QED) is 0.868. The van der Waals surface area contributed by atoms with Gasteiger partial charge in [0, 0.05) is 16.6 Å². The van der Waals surface area contributed by atoms with E-state index < -0.39 is 0 Å². The Labute approximate surface area is 134 Å². The molecular formula is C14H20BrClN2O2. The number of carbonyl (C=O) groups is 1. The summed E-state index contributed by atoms with van der Waals surface area (Å²) in [6.45, 7) is 3.09. The summed E-state index contributed by atoms with van der Waals surface area (Å²) in [5.74, 6) is 0.525. The van der Waals surface area contributed by atoms with E-state index >= 15 is 0 Å². The molecule has 0 aromatic heterocycles. The van der Waals surface area contributed by atoms with Gasteiger partial charge in [0.25, 0.3) is 5.91 Å². The third kappa shape index (κ3) is 4.36. The highest BCUT2D eigenvalue weighted by Gasteiger charge is 2.21. The van der Waals surface area contributed by atoms with Crippen LogP contribution < -0.4 is 15.4 Å². The zero-order valence-corrected chi connectivity index (χ0v) is 14.0. The van der Waals surface area contributed by atoms with Crippen LogP contribution in [0.2, 0.25) is 0 Å². The number of benzene rings is 1. The molecule has 2 N–H and O–H groups in total. The summed E-state index contributed by atoms with van der Waals surface area (Å²) < 4.78 is 6.15. The Balaban J connectivity index is 0.00000200. The number of amides is 1. The van der Waals surface area contributed by atoms with Crippen molar-refractivity contribution in [2.45, 2.75) is 31.8 Å². The second-order valence-electron chi connectivity index (χ2n) is 4.89. The van der Waals surface area contributed by atoms with Crippen molar-refractivity contribution in [1.29, 1.82) is 0 Å². The number of hydrogen-bond acceptors (Lipinski definition) is 3. The summed E-state index contributed by atoms with van der Waals surface area (Å²) in [5.41, 5.74) is 0.580. The van der Waals surface area contributed by atoms with Crippen LogP contribution in [-0.2, 0) is 0 Å². The van der Waals surface area contributed by atoms with Gasteiger partial charge >= 0.3 is 0 Å². The van der Waals surface area contributed by atoms with Crippen molar-refractivity contribution < 1.29 is 9.53 Å². The van der Waals surface area contributed by atoms with Crippen LogP contribution in [0.1, 0.15) is 30.1 Å². The maximum Gasteiger partial charge on any atom is 0.255 e. The Bertz CT molecular complexity index is 470. The molecule has 1 aliphatic rings. The Morgan fingerprint density at radius 1 is 1.50 bits per heavy atom. The monoisotopic (exact) mass is 362 g/mol. The predicted molar refractivity (Wildman–Crippen MR) is 85.9 cm³/mol. The van der Waals surface area contributed by atoms with Crippen molar-refractivity contribution in [2.75, 3.05) is 13.7 Å². The SMILES string of the molecule is COc1cc(Br)ccc1C(=O)NC1CCNC(C)C1.Cl. The van der Waals surface area contributed by atoms with Gasteiger partial charge in [0.15, 0.2) is 0 Å². The maximum absolute atomic E-state index is 12.3. The number of halogens is 2. The molecular weight excluding hydrogens is 344 g/mol. The van der Waals surface area contributed by atoms with E-state index in [1.165, 1.54) is 0 Å². The van der Waals surface area contributed by atoms with E-state index in [0.29, 0.717) is 17.4 Å². The molecule has 2 unspecified atom stereocenters. The first kappa shape index (κ1) is 17.3. The number of rotatable bonds is 3. The molecule has 4 nitrogen and oxygen atoms in total. The van der Waals surface area contributed by atoms with Gasteiger partial charge in [0.05, 0.1) is 12.7 Å². The normalized spacial score (nSPS) is 21.8. The number of carbonyl (C=O) groups excluding carboxylic acids is 1. The molecule has 1 aromatic carbocycles. The van der Waals surface area contributed by atoms with E-state index in [0.717, 1.165) is 23.9 Å². The summed E-state index contributed by atoms with van der Waals surface area (Å²) in [5, 5.41) is 6.46. The summed E-state index contributed by atoms with van der Waals surface area (Å²) in [7, 11) is 1.57. The van der Waals surface area contributed by atoms with Gasteiger partial charge in [-0.1, -0.05) is 15.9 Å². The average molecular weight is 364 g/mol. The highest BCUT2D eigenvalue weighted by molar-refractivity contribution is 9.10. The molecule has 1 aliphatic heterocycles. The largest absolute Gasteiger partial charge is 0.496 e. The summed E-state index contributed by atoms with van der Waals surface area (Å²) in [6.07, 6.45) is 1.93. The molecule has 1 saturated heterocycles. The standard InChI is InChI=1S/C14H19BrN2O2.ClH/c1-9-7-11(5-6-16-9)17-14(18)12-4-3-10(15)8-13(12)19-2;/h3-4,8-9,11,16H,5-7H2,1-2H3,(H,17,18);1H. The molecule has 6 heteroatoms. The third-order valence-electron chi connectivity index (χ3n) is 3.37. The van der Waals surface area contributed by atoms with Gasteiger partial charge in [0.1, 0.15) is 5.75 Å². The van der Waals surface area contributed by atoms with Crippen molar-refractivity contribution in [1.82, 2.24) is 10.6 Å². The van der Waals surface area contributed by atoms with Crippen LogP contribution in [0.15, 0.2) is 22.7 Å². The van der Waals surface area contributed by atoms with Gasteiger partial charge < -0.3 is 15.4 Å². The maximum atomic E-state index is 12.3. The van der Waals surface area contributed by atoms with Gasteiger partial charge in [-0.2, -0.15) is 0 Å². The second-order valence-corrected chi connectivity index (χ2v) is 5.81. The molecule has 0 radical (unpaired) electrons.